The van der Waals surface area contributed by atoms with Gasteiger partial charge < -0.3 is 9.47 Å². The number of ether oxygens (including phenoxy) is 2. The molecule has 0 aromatic rings. The van der Waals surface area contributed by atoms with Crippen molar-refractivity contribution in [3.8, 4) is 12.3 Å². The molecule has 0 amide bonds. The number of rotatable bonds is 7. The molecule has 0 rings (SSSR count). The van der Waals surface area contributed by atoms with Crippen molar-refractivity contribution in [2.75, 3.05) is 17.6 Å². The number of terminal acetylenes is 1. The quantitative estimate of drug-likeness (QED) is 0.234. The summed E-state index contributed by atoms with van der Waals surface area (Å²) in [7, 11) is 0. The molecule has 1 atom stereocenters. The zero-order valence-corrected chi connectivity index (χ0v) is 9.54. The van der Waals surface area contributed by atoms with Crippen molar-refractivity contribution >= 4 is 22.6 Å². The van der Waals surface area contributed by atoms with Gasteiger partial charge in [-0.2, -0.15) is 0 Å². The molecule has 0 saturated carbocycles. The van der Waals surface area contributed by atoms with Gasteiger partial charge in [0.05, 0.1) is 4.43 Å². The van der Waals surface area contributed by atoms with Crippen LogP contribution in [0.5, 0.6) is 0 Å². The first-order valence-electron chi connectivity index (χ1n) is 4.07. The summed E-state index contributed by atoms with van der Waals surface area (Å²) in [4.78, 5) is 0. The minimum absolute atomic E-state index is 0.131. The van der Waals surface area contributed by atoms with Crippen LogP contribution < -0.4 is 0 Å². The molecule has 70 valence electrons. The lowest BCUT2D eigenvalue weighted by atomic mass is 10.4. The highest BCUT2D eigenvalue weighted by atomic mass is 127. The van der Waals surface area contributed by atoms with Gasteiger partial charge >= 0.3 is 0 Å². The molecule has 0 heterocycles. The van der Waals surface area contributed by atoms with Crippen LogP contribution in [0.25, 0.3) is 0 Å². The van der Waals surface area contributed by atoms with E-state index in [1.165, 1.54) is 0 Å². The monoisotopic (exact) mass is 282 g/mol. The van der Waals surface area contributed by atoms with Crippen LogP contribution in [0, 0.1) is 12.3 Å². The molecule has 0 radical (unpaired) electrons. The minimum atomic E-state index is -0.131. The van der Waals surface area contributed by atoms with E-state index in [0.29, 0.717) is 6.61 Å². The van der Waals surface area contributed by atoms with Crippen molar-refractivity contribution in [1.29, 1.82) is 0 Å². The van der Waals surface area contributed by atoms with Crippen molar-refractivity contribution in [2.45, 2.75) is 26.1 Å². The van der Waals surface area contributed by atoms with E-state index < -0.39 is 0 Å². The van der Waals surface area contributed by atoms with Crippen LogP contribution >= 0.6 is 22.6 Å². The summed E-state index contributed by atoms with van der Waals surface area (Å²) in [5.41, 5.74) is 0. The smallest absolute Gasteiger partial charge is 0.167 e. The molecule has 0 aromatic carbocycles. The molecular weight excluding hydrogens is 267 g/mol. The predicted molar refractivity (Wildman–Crippen MR) is 58.3 cm³/mol. The van der Waals surface area contributed by atoms with Gasteiger partial charge in [0.1, 0.15) is 6.61 Å². The van der Waals surface area contributed by atoms with E-state index in [-0.39, 0.29) is 6.29 Å². The van der Waals surface area contributed by atoms with Gasteiger partial charge in [-0.25, -0.2) is 0 Å². The Bertz CT molecular complexity index is 131. The normalized spacial score (nSPS) is 12.4. The molecule has 0 N–H and O–H groups in total. The summed E-state index contributed by atoms with van der Waals surface area (Å²) in [6.07, 6.45) is 7.14. The SMILES string of the molecule is C#CCOC(CI)OCCCC. The maximum absolute atomic E-state index is 5.41. The number of hydrogen-bond donors (Lipinski definition) is 0. The fraction of sp³-hybridized carbons (Fsp3) is 0.778. The van der Waals surface area contributed by atoms with Gasteiger partial charge in [0.15, 0.2) is 6.29 Å². The highest BCUT2D eigenvalue weighted by Crippen LogP contribution is 2.01. The van der Waals surface area contributed by atoms with Gasteiger partial charge in [-0.05, 0) is 6.42 Å². The fourth-order valence-electron chi connectivity index (χ4n) is 0.637. The van der Waals surface area contributed by atoms with E-state index in [1.807, 2.05) is 0 Å². The molecular formula is C9H15IO2. The molecule has 2 nitrogen and oxygen atoms in total. The largest absolute Gasteiger partial charge is 0.352 e. The molecule has 0 aliphatic heterocycles. The van der Waals surface area contributed by atoms with E-state index in [9.17, 15) is 0 Å². The van der Waals surface area contributed by atoms with Crippen LogP contribution in [0.2, 0.25) is 0 Å². The van der Waals surface area contributed by atoms with Crippen molar-refractivity contribution in [3.05, 3.63) is 0 Å². The van der Waals surface area contributed by atoms with E-state index in [2.05, 4.69) is 35.4 Å². The molecule has 3 heteroatoms. The second-order valence-electron chi connectivity index (χ2n) is 2.32. The molecule has 0 aromatic heterocycles. The van der Waals surface area contributed by atoms with E-state index >= 15 is 0 Å². The first kappa shape index (κ1) is 12.2. The zero-order chi connectivity index (χ0) is 9.23. The molecule has 0 aliphatic rings. The fourth-order valence-corrected chi connectivity index (χ4v) is 1.15. The summed E-state index contributed by atoms with van der Waals surface area (Å²) >= 11 is 2.22. The van der Waals surface area contributed by atoms with Crippen molar-refractivity contribution < 1.29 is 9.47 Å². The van der Waals surface area contributed by atoms with Gasteiger partial charge in [-0.15, -0.1) is 6.42 Å². The Labute approximate surface area is 88.1 Å². The Kier molecular flexibility index (Phi) is 9.46. The average molecular weight is 282 g/mol. The number of hydrogen-bond acceptors (Lipinski definition) is 2. The molecule has 1 unspecified atom stereocenters. The summed E-state index contributed by atoms with van der Waals surface area (Å²) in [6.45, 7) is 3.22. The van der Waals surface area contributed by atoms with Crippen molar-refractivity contribution in [3.63, 3.8) is 0 Å². The summed E-state index contributed by atoms with van der Waals surface area (Å²) < 4.78 is 11.5. The Morgan fingerprint density at radius 3 is 2.75 bits per heavy atom. The van der Waals surface area contributed by atoms with E-state index in [0.717, 1.165) is 23.9 Å². The van der Waals surface area contributed by atoms with Gasteiger partial charge in [0, 0.05) is 6.61 Å². The molecule has 0 aliphatic carbocycles. The first-order valence-corrected chi connectivity index (χ1v) is 5.60. The first-order chi connectivity index (χ1) is 5.85. The Morgan fingerprint density at radius 2 is 2.25 bits per heavy atom. The highest BCUT2D eigenvalue weighted by molar-refractivity contribution is 14.1. The maximum Gasteiger partial charge on any atom is 0.167 e. The van der Waals surface area contributed by atoms with Gasteiger partial charge in [-0.3, -0.25) is 0 Å². The van der Waals surface area contributed by atoms with E-state index in [1.54, 1.807) is 0 Å². The van der Waals surface area contributed by atoms with Gasteiger partial charge in [0.2, 0.25) is 0 Å². The summed E-state index contributed by atoms with van der Waals surface area (Å²) in [6, 6.07) is 0. The molecule has 0 fully saturated rings. The standard InChI is InChI=1S/C9H15IO2/c1-3-5-7-12-9(8-10)11-6-4-2/h2,9H,3,5-8H2,1H3. The second kappa shape index (κ2) is 9.30. The highest BCUT2D eigenvalue weighted by Gasteiger charge is 2.05. The van der Waals surface area contributed by atoms with Gasteiger partial charge in [-0.1, -0.05) is 41.9 Å². The van der Waals surface area contributed by atoms with Crippen molar-refractivity contribution in [1.82, 2.24) is 0 Å². The third-order valence-electron chi connectivity index (χ3n) is 1.28. The van der Waals surface area contributed by atoms with Crippen LogP contribution in [0.3, 0.4) is 0 Å². The third-order valence-corrected chi connectivity index (χ3v) is 2.00. The average Bonchev–Trinajstić information content (AvgIpc) is 2.11. The van der Waals surface area contributed by atoms with Crippen LogP contribution in [-0.4, -0.2) is 23.9 Å². The van der Waals surface area contributed by atoms with Crippen LogP contribution in [0.15, 0.2) is 0 Å². The van der Waals surface area contributed by atoms with Crippen LogP contribution in [0.1, 0.15) is 19.8 Å². The third kappa shape index (κ3) is 6.89. The van der Waals surface area contributed by atoms with Gasteiger partial charge in [0.25, 0.3) is 0 Å². The number of unbranched alkanes of at least 4 members (excludes halogenated alkanes) is 1. The Hall–Kier alpha value is 0.210. The van der Waals surface area contributed by atoms with Crippen LogP contribution in [0.4, 0.5) is 0 Å². The summed E-state index contributed by atoms with van der Waals surface area (Å²) in [5.74, 6) is 2.42. The summed E-state index contributed by atoms with van der Waals surface area (Å²) in [5, 5.41) is 0. The predicted octanol–water partition coefficient (Wildman–Crippen LogP) is 2.21. The zero-order valence-electron chi connectivity index (χ0n) is 7.38. The van der Waals surface area contributed by atoms with Crippen LogP contribution in [-0.2, 0) is 9.47 Å². The van der Waals surface area contributed by atoms with E-state index in [4.69, 9.17) is 15.9 Å². The maximum atomic E-state index is 5.41. The lowest BCUT2D eigenvalue weighted by Gasteiger charge is -2.13. The minimum Gasteiger partial charge on any atom is -0.352 e. The lowest BCUT2D eigenvalue weighted by Crippen LogP contribution is -2.19. The molecule has 0 spiro atoms. The lowest BCUT2D eigenvalue weighted by molar-refractivity contribution is -0.116. The second-order valence-corrected chi connectivity index (χ2v) is 3.20. The number of halogens is 1. The number of alkyl halides is 1. The van der Waals surface area contributed by atoms with Crippen molar-refractivity contribution in [2.24, 2.45) is 0 Å². The molecule has 0 bridgehead atoms. The molecule has 0 saturated heterocycles. The molecule has 12 heavy (non-hydrogen) atoms. The Morgan fingerprint density at radius 1 is 1.50 bits per heavy atom. The Balaban J connectivity index is 3.34. The topological polar surface area (TPSA) is 18.5 Å².